The average molecular weight is 262 g/mol. The number of fused-ring (bicyclic) bond motifs is 1. The molecule has 0 aliphatic carbocycles. The summed E-state index contributed by atoms with van der Waals surface area (Å²) in [4.78, 5) is 16.6. The molecule has 5 nitrogen and oxygen atoms in total. The van der Waals surface area contributed by atoms with Gasteiger partial charge in [-0.15, -0.1) is 0 Å². The van der Waals surface area contributed by atoms with Crippen LogP contribution in [0.4, 0.5) is 0 Å². The summed E-state index contributed by atoms with van der Waals surface area (Å²) in [7, 11) is 2.09. The van der Waals surface area contributed by atoms with E-state index in [1.807, 2.05) is 11.0 Å². The minimum atomic E-state index is 0.0774. The Morgan fingerprint density at radius 1 is 1.11 bits per heavy atom. The molecule has 1 aromatic rings. The topological polar surface area (TPSA) is 42.0 Å². The molecule has 0 atom stereocenters. The van der Waals surface area contributed by atoms with Crippen molar-refractivity contribution in [3.8, 4) is 11.5 Å². The Labute approximate surface area is 112 Å². The summed E-state index contributed by atoms with van der Waals surface area (Å²) >= 11 is 0. The van der Waals surface area contributed by atoms with Crippen molar-refractivity contribution in [3.63, 3.8) is 0 Å². The summed E-state index contributed by atoms with van der Waals surface area (Å²) in [6.45, 7) is 3.81. The second-order valence-corrected chi connectivity index (χ2v) is 5.02. The zero-order chi connectivity index (χ0) is 13.2. The number of likely N-dealkylation sites (N-methyl/N-ethyl adjacent to an activating group) is 1. The standard InChI is InChI=1S/C14H18N2O3/c1-15-5-2-6-16(8-7-15)14(17)11-3-4-12-13(9-11)19-10-18-12/h3-4,9H,2,5-8,10H2,1H3. The molecule has 0 radical (unpaired) electrons. The normalized spacial score (nSPS) is 19.3. The number of nitrogens with zero attached hydrogens (tertiary/aromatic N) is 2. The van der Waals surface area contributed by atoms with Crippen LogP contribution in [-0.2, 0) is 0 Å². The van der Waals surface area contributed by atoms with Crippen LogP contribution in [-0.4, -0.2) is 55.7 Å². The van der Waals surface area contributed by atoms with Gasteiger partial charge in [0.1, 0.15) is 0 Å². The van der Waals surface area contributed by atoms with Crippen molar-refractivity contribution in [2.45, 2.75) is 6.42 Å². The summed E-state index contributed by atoms with van der Waals surface area (Å²) in [6, 6.07) is 5.39. The molecule has 0 N–H and O–H groups in total. The molecule has 0 aromatic heterocycles. The molecule has 1 aromatic carbocycles. The van der Waals surface area contributed by atoms with Crippen LogP contribution in [0.5, 0.6) is 11.5 Å². The predicted molar refractivity (Wildman–Crippen MR) is 70.6 cm³/mol. The molecule has 5 heteroatoms. The molecule has 0 spiro atoms. The highest BCUT2D eigenvalue weighted by atomic mass is 16.7. The number of carbonyl (C=O) groups is 1. The predicted octanol–water partition coefficient (Wildman–Crippen LogP) is 1.19. The third kappa shape index (κ3) is 2.51. The van der Waals surface area contributed by atoms with E-state index in [2.05, 4.69) is 11.9 Å². The zero-order valence-corrected chi connectivity index (χ0v) is 11.1. The SMILES string of the molecule is CN1CCCN(C(=O)c2ccc3c(c2)OCO3)CC1. The van der Waals surface area contributed by atoms with E-state index in [0.717, 1.165) is 32.6 Å². The molecule has 2 aliphatic rings. The van der Waals surface area contributed by atoms with E-state index in [0.29, 0.717) is 17.1 Å². The van der Waals surface area contributed by atoms with Crippen molar-refractivity contribution < 1.29 is 14.3 Å². The van der Waals surface area contributed by atoms with Gasteiger partial charge < -0.3 is 19.3 Å². The molecule has 2 heterocycles. The highest BCUT2D eigenvalue weighted by Gasteiger charge is 2.21. The number of carbonyl (C=O) groups excluding carboxylic acids is 1. The third-order valence-electron chi connectivity index (χ3n) is 3.63. The minimum absolute atomic E-state index is 0.0774. The summed E-state index contributed by atoms with van der Waals surface area (Å²) in [5.41, 5.74) is 0.675. The highest BCUT2D eigenvalue weighted by Crippen LogP contribution is 2.32. The van der Waals surface area contributed by atoms with E-state index < -0.39 is 0 Å². The van der Waals surface area contributed by atoms with Gasteiger partial charge in [0.15, 0.2) is 11.5 Å². The molecule has 0 saturated carbocycles. The van der Waals surface area contributed by atoms with Gasteiger partial charge in [-0.25, -0.2) is 0 Å². The minimum Gasteiger partial charge on any atom is -0.454 e. The Morgan fingerprint density at radius 2 is 1.95 bits per heavy atom. The van der Waals surface area contributed by atoms with Gasteiger partial charge in [0.05, 0.1) is 0 Å². The maximum absolute atomic E-state index is 12.5. The van der Waals surface area contributed by atoms with Crippen molar-refractivity contribution >= 4 is 5.91 Å². The van der Waals surface area contributed by atoms with Gasteiger partial charge in [0.2, 0.25) is 6.79 Å². The maximum atomic E-state index is 12.5. The summed E-state index contributed by atoms with van der Waals surface area (Å²) in [5, 5.41) is 0. The van der Waals surface area contributed by atoms with Crippen LogP contribution in [0.2, 0.25) is 0 Å². The average Bonchev–Trinajstić information content (AvgIpc) is 2.78. The molecule has 1 saturated heterocycles. The lowest BCUT2D eigenvalue weighted by atomic mass is 10.1. The fourth-order valence-electron chi connectivity index (χ4n) is 2.46. The second-order valence-electron chi connectivity index (χ2n) is 5.02. The Kier molecular flexibility index (Phi) is 3.29. The number of hydrogen-bond donors (Lipinski definition) is 0. The number of benzene rings is 1. The first kappa shape index (κ1) is 12.3. The van der Waals surface area contributed by atoms with Crippen LogP contribution in [0.15, 0.2) is 18.2 Å². The summed E-state index contributed by atoms with van der Waals surface area (Å²) in [5.74, 6) is 1.46. The molecular weight excluding hydrogens is 244 g/mol. The molecule has 19 heavy (non-hydrogen) atoms. The Hall–Kier alpha value is -1.75. The fourth-order valence-corrected chi connectivity index (χ4v) is 2.46. The van der Waals surface area contributed by atoms with E-state index >= 15 is 0 Å². The van der Waals surface area contributed by atoms with Crippen LogP contribution in [0.25, 0.3) is 0 Å². The van der Waals surface area contributed by atoms with E-state index in [9.17, 15) is 4.79 Å². The first-order valence-electron chi connectivity index (χ1n) is 6.61. The van der Waals surface area contributed by atoms with E-state index in [1.165, 1.54) is 0 Å². The van der Waals surface area contributed by atoms with Gasteiger partial charge in [-0.05, 0) is 38.2 Å². The Bertz CT molecular complexity index is 490. The molecule has 0 bridgehead atoms. The van der Waals surface area contributed by atoms with Gasteiger partial charge in [-0.1, -0.05) is 0 Å². The largest absolute Gasteiger partial charge is 0.454 e. The lowest BCUT2D eigenvalue weighted by Crippen LogP contribution is -2.34. The Balaban J connectivity index is 1.76. The van der Waals surface area contributed by atoms with Crippen molar-refractivity contribution in [1.29, 1.82) is 0 Å². The van der Waals surface area contributed by atoms with Gasteiger partial charge >= 0.3 is 0 Å². The van der Waals surface area contributed by atoms with Crippen LogP contribution >= 0.6 is 0 Å². The van der Waals surface area contributed by atoms with Gasteiger partial charge in [-0.3, -0.25) is 4.79 Å². The molecule has 2 aliphatic heterocycles. The summed E-state index contributed by atoms with van der Waals surface area (Å²) < 4.78 is 10.6. The van der Waals surface area contributed by atoms with Crippen molar-refractivity contribution in [3.05, 3.63) is 23.8 Å². The van der Waals surface area contributed by atoms with Crippen molar-refractivity contribution in [1.82, 2.24) is 9.80 Å². The van der Waals surface area contributed by atoms with Gasteiger partial charge in [0, 0.05) is 25.2 Å². The third-order valence-corrected chi connectivity index (χ3v) is 3.63. The lowest BCUT2D eigenvalue weighted by molar-refractivity contribution is 0.0762. The van der Waals surface area contributed by atoms with Crippen LogP contribution in [0.3, 0.4) is 0 Å². The molecule has 102 valence electrons. The molecule has 0 unspecified atom stereocenters. The zero-order valence-electron chi connectivity index (χ0n) is 11.1. The molecular formula is C14H18N2O3. The van der Waals surface area contributed by atoms with Crippen LogP contribution in [0, 0.1) is 0 Å². The smallest absolute Gasteiger partial charge is 0.254 e. The monoisotopic (exact) mass is 262 g/mol. The van der Waals surface area contributed by atoms with Crippen molar-refractivity contribution in [2.24, 2.45) is 0 Å². The van der Waals surface area contributed by atoms with E-state index in [-0.39, 0.29) is 12.7 Å². The molecule has 1 fully saturated rings. The van der Waals surface area contributed by atoms with Gasteiger partial charge in [0.25, 0.3) is 5.91 Å². The molecule has 1 amide bonds. The maximum Gasteiger partial charge on any atom is 0.254 e. The van der Waals surface area contributed by atoms with Crippen LogP contribution < -0.4 is 9.47 Å². The number of ether oxygens (including phenoxy) is 2. The first-order valence-corrected chi connectivity index (χ1v) is 6.61. The molecule has 3 rings (SSSR count). The van der Waals surface area contributed by atoms with Gasteiger partial charge in [-0.2, -0.15) is 0 Å². The van der Waals surface area contributed by atoms with E-state index in [1.54, 1.807) is 12.1 Å². The first-order chi connectivity index (χ1) is 9.24. The fraction of sp³-hybridized carbons (Fsp3) is 0.500. The summed E-state index contributed by atoms with van der Waals surface area (Å²) in [6.07, 6.45) is 1.02. The van der Waals surface area contributed by atoms with Crippen LogP contribution in [0.1, 0.15) is 16.8 Å². The highest BCUT2D eigenvalue weighted by molar-refractivity contribution is 5.95. The second kappa shape index (κ2) is 5.09. The van der Waals surface area contributed by atoms with E-state index in [4.69, 9.17) is 9.47 Å². The number of rotatable bonds is 1. The number of amides is 1. The number of hydrogen-bond acceptors (Lipinski definition) is 4. The quantitative estimate of drug-likeness (QED) is 0.762. The lowest BCUT2D eigenvalue weighted by Gasteiger charge is -2.20. The Morgan fingerprint density at radius 3 is 2.84 bits per heavy atom. The van der Waals surface area contributed by atoms with Crippen molar-refractivity contribution in [2.75, 3.05) is 40.0 Å².